The van der Waals surface area contributed by atoms with Crippen LogP contribution >= 0.6 is 0 Å². The van der Waals surface area contributed by atoms with Gasteiger partial charge in [0.05, 0.1) is 5.56 Å². The van der Waals surface area contributed by atoms with Gasteiger partial charge in [-0.05, 0) is 30.7 Å². The topological polar surface area (TPSA) is 71.2 Å². The van der Waals surface area contributed by atoms with E-state index in [2.05, 4.69) is 24.3 Å². The number of anilines is 1. The lowest BCUT2D eigenvalue weighted by molar-refractivity contribution is 0.0752. The number of rotatable bonds is 2. The number of amides is 1. The Bertz CT molecular complexity index is 504. The fourth-order valence-corrected chi connectivity index (χ4v) is 2.51. The van der Waals surface area contributed by atoms with Crippen LogP contribution in [0.2, 0.25) is 0 Å². The Kier molecular flexibility index (Phi) is 4.23. The summed E-state index contributed by atoms with van der Waals surface area (Å²) in [7, 11) is 0. The van der Waals surface area contributed by atoms with E-state index < -0.39 is 5.82 Å². The highest BCUT2D eigenvalue weighted by atomic mass is 19.1. The predicted molar refractivity (Wildman–Crippen MR) is 75.5 cm³/mol. The number of aromatic nitrogens is 1. The summed E-state index contributed by atoms with van der Waals surface area (Å²) in [5.74, 6) is 4.09. The van der Waals surface area contributed by atoms with Gasteiger partial charge in [0.15, 0.2) is 11.6 Å². The second-order valence-electron chi connectivity index (χ2n) is 5.98. The van der Waals surface area contributed by atoms with Crippen molar-refractivity contribution >= 4 is 11.7 Å². The van der Waals surface area contributed by atoms with Crippen molar-refractivity contribution < 1.29 is 9.18 Å². The summed E-state index contributed by atoms with van der Waals surface area (Å²) in [4.78, 5) is 17.9. The lowest BCUT2D eigenvalue weighted by Gasteiger charge is -2.23. The Balaban J connectivity index is 2.19. The summed E-state index contributed by atoms with van der Waals surface area (Å²) in [5, 5.41) is 0. The van der Waals surface area contributed by atoms with Crippen LogP contribution < -0.4 is 11.3 Å². The molecule has 5 nitrogen and oxygen atoms in total. The number of nitrogens with one attached hydrogen (secondary N) is 1. The number of pyridine rings is 1. The number of nitrogen functional groups attached to an aromatic ring is 1. The van der Waals surface area contributed by atoms with Crippen LogP contribution in [-0.2, 0) is 0 Å². The molecule has 20 heavy (non-hydrogen) atoms. The highest BCUT2D eigenvalue weighted by Gasteiger charge is 2.27. The van der Waals surface area contributed by atoms with Gasteiger partial charge in [-0.2, -0.15) is 0 Å². The van der Waals surface area contributed by atoms with Crippen LogP contribution in [0.4, 0.5) is 10.2 Å². The van der Waals surface area contributed by atoms with Crippen molar-refractivity contribution in [2.75, 3.05) is 18.5 Å². The summed E-state index contributed by atoms with van der Waals surface area (Å²) >= 11 is 0. The molecule has 2 rings (SSSR count). The first-order chi connectivity index (χ1) is 9.44. The molecule has 0 bridgehead atoms. The van der Waals surface area contributed by atoms with E-state index in [1.54, 1.807) is 4.90 Å². The van der Waals surface area contributed by atoms with E-state index in [1.165, 1.54) is 12.3 Å². The summed E-state index contributed by atoms with van der Waals surface area (Å²) in [5.41, 5.74) is 2.41. The number of hydrazine groups is 1. The minimum Gasteiger partial charge on any atom is -0.339 e. The summed E-state index contributed by atoms with van der Waals surface area (Å²) in [6.45, 7) is 5.71. The largest absolute Gasteiger partial charge is 0.339 e. The molecule has 0 aromatic carbocycles. The van der Waals surface area contributed by atoms with Crippen LogP contribution in [-0.4, -0.2) is 28.9 Å². The molecule has 1 aliphatic heterocycles. The molecule has 1 amide bonds. The maximum atomic E-state index is 14.1. The van der Waals surface area contributed by atoms with Gasteiger partial charge in [-0.1, -0.05) is 13.8 Å². The van der Waals surface area contributed by atoms with Gasteiger partial charge >= 0.3 is 0 Å². The molecule has 2 heterocycles. The number of carbonyl (C=O) groups is 1. The van der Waals surface area contributed by atoms with Crippen LogP contribution in [0.3, 0.4) is 0 Å². The van der Waals surface area contributed by atoms with E-state index in [1.807, 2.05) is 0 Å². The first kappa shape index (κ1) is 14.7. The van der Waals surface area contributed by atoms with E-state index >= 15 is 0 Å². The monoisotopic (exact) mass is 280 g/mol. The van der Waals surface area contributed by atoms with Crippen molar-refractivity contribution in [1.29, 1.82) is 0 Å². The molecule has 1 saturated heterocycles. The molecular formula is C14H21FN4O. The van der Waals surface area contributed by atoms with Gasteiger partial charge in [0, 0.05) is 19.3 Å². The van der Waals surface area contributed by atoms with E-state index in [-0.39, 0.29) is 22.7 Å². The molecule has 110 valence electrons. The normalized spacial score (nSPS) is 18.5. The molecule has 0 saturated carbocycles. The molecule has 1 aromatic rings. The predicted octanol–water partition coefficient (Wildman–Crippen LogP) is 2.16. The van der Waals surface area contributed by atoms with Crippen molar-refractivity contribution in [3.8, 4) is 0 Å². The lowest BCUT2D eigenvalue weighted by Crippen LogP contribution is -2.33. The van der Waals surface area contributed by atoms with Gasteiger partial charge in [-0.25, -0.2) is 15.2 Å². The maximum Gasteiger partial charge on any atom is 0.257 e. The molecule has 6 heteroatoms. The van der Waals surface area contributed by atoms with Crippen LogP contribution in [0.5, 0.6) is 0 Å². The molecular weight excluding hydrogens is 259 g/mol. The average Bonchev–Trinajstić information content (AvgIpc) is 2.59. The SMILES string of the molecule is CC1(C)CCCN(C(=O)c2ccnc(NN)c2F)CC1. The zero-order valence-corrected chi connectivity index (χ0v) is 11.9. The van der Waals surface area contributed by atoms with Crippen molar-refractivity contribution in [3.05, 3.63) is 23.6 Å². The van der Waals surface area contributed by atoms with E-state index in [9.17, 15) is 9.18 Å². The highest BCUT2D eigenvalue weighted by Crippen LogP contribution is 2.30. The number of carbonyl (C=O) groups excluding carboxylic acids is 1. The number of likely N-dealkylation sites (tertiary alicyclic amines) is 1. The van der Waals surface area contributed by atoms with Gasteiger partial charge in [-0.15, -0.1) is 0 Å². The Labute approximate surface area is 118 Å². The number of nitrogens with two attached hydrogens (primary N) is 1. The van der Waals surface area contributed by atoms with Crippen LogP contribution in [0.15, 0.2) is 12.3 Å². The first-order valence-corrected chi connectivity index (χ1v) is 6.85. The molecule has 0 spiro atoms. The smallest absolute Gasteiger partial charge is 0.257 e. The lowest BCUT2D eigenvalue weighted by atomic mass is 9.85. The second kappa shape index (κ2) is 5.75. The third kappa shape index (κ3) is 3.07. The van der Waals surface area contributed by atoms with E-state index in [0.29, 0.717) is 13.1 Å². The van der Waals surface area contributed by atoms with Crippen molar-refractivity contribution in [2.45, 2.75) is 33.1 Å². The zero-order valence-electron chi connectivity index (χ0n) is 11.9. The second-order valence-corrected chi connectivity index (χ2v) is 5.98. The maximum absolute atomic E-state index is 14.1. The number of nitrogens with zero attached hydrogens (tertiary/aromatic N) is 2. The summed E-state index contributed by atoms with van der Waals surface area (Å²) in [6, 6.07) is 1.40. The van der Waals surface area contributed by atoms with Crippen molar-refractivity contribution in [2.24, 2.45) is 11.3 Å². The number of hydrogen-bond acceptors (Lipinski definition) is 4. The Hall–Kier alpha value is -1.69. The standard InChI is InChI=1S/C14H21FN4O/c1-14(2)5-3-8-19(9-6-14)13(20)10-4-7-17-12(18-16)11(10)15/h4,7H,3,5-6,8-9,16H2,1-2H3,(H,17,18). The third-order valence-electron chi connectivity index (χ3n) is 3.88. The van der Waals surface area contributed by atoms with Gasteiger partial charge < -0.3 is 10.3 Å². The molecule has 0 atom stereocenters. The van der Waals surface area contributed by atoms with Gasteiger partial charge in [0.1, 0.15) is 0 Å². The fourth-order valence-electron chi connectivity index (χ4n) is 2.51. The Morgan fingerprint density at radius 3 is 2.90 bits per heavy atom. The highest BCUT2D eigenvalue weighted by molar-refractivity contribution is 5.95. The molecule has 1 fully saturated rings. The Morgan fingerprint density at radius 1 is 1.45 bits per heavy atom. The van der Waals surface area contributed by atoms with Crippen molar-refractivity contribution in [1.82, 2.24) is 9.88 Å². The van der Waals surface area contributed by atoms with E-state index in [0.717, 1.165) is 19.3 Å². The summed E-state index contributed by atoms with van der Waals surface area (Å²) < 4.78 is 14.1. The molecule has 0 radical (unpaired) electrons. The Morgan fingerprint density at radius 2 is 2.20 bits per heavy atom. The van der Waals surface area contributed by atoms with Gasteiger partial charge in [0.25, 0.3) is 5.91 Å². The number of halogens is 1. The molecule has 0 unspecified atom stereocenters. The van der Waals surface area contributed by atoms with Crippen LogP contribution in [0, 0.1) is 11.2 Å². The summed E-state index contributed by atoms with van der Waals surface area (Å²) in [6.07, 6.45) is 4.32. The quantitative estimate of drug-likeness (QED) is 0.643. The number of hydrogen-bond donors (Lipinski definition) is 2. The minimum atomic E-state index is -0.691. The average molecular weight is 280 g/mol. The fraction of sp³-hybridized carbons (Fsp3) is 0.571. The molecule has 3 N–H and O–H groups in total. The van der Waals surface area contributed by atoms with Crippen LogP contribution in [0.25, 0.3) is 0 Å². The zero-order chi connectivity index (χ0) is 14.8. The molecule has 1 aliphatic rings. The van der Waals surface area contributed by atoms with Crippen molar-refractivity contribution in [3.63, 3.8) is 0 Å². The third-order valence-corrected chi connectivity index (χ3v) is 3.88. The van der Waals surface area contributed by atoms with Gasteiger partial charge in [0.2, 0.25) is 0 Å². The first-order valence-electron chi connectivity index (χ1n) is 6.85. The minimum absolute atomic E-state index is 0.0210. The van der Waals surface area contributed by atoms with E-state index in [4.69, 9.17) is 5.84 Å². The van der Waals surface area contributed by atoms with Gasteiger partial charge in [-0.3, -0.25) is 4.79 Å². The van der Waals surface area contributed by atoms with Crippen LogP contribution in [0.1, 0.15) is 43.5 Å². The molecule has 1 aromatic heterocycles. The molecule has 0 aliphatic carbocycles.